The number of aromatic nitrogens is 2. The van der Waals surface area contributed by atoms with Crippen LogP contribution in [-0.2, 0) is 13.0 Å². The number of nitrogens with zero attached hydrogens (tertiary/aromatic N) is 3. The summed E-state index contributed by atoms with van der Waals surface area (Å²) < 4.78 is 5.68. The Morgan fingerprint density at radius 2 is 1.85 bits per heavy atom. The standard InChI is InChI=1S/C21H22N4O/c1-2-26-19-10-6-5-9-18(19)24-20-13-21(23-15-22-20)25-12-11-16-7-3-4-8-17(16)14-25/h3-10,13,15H,2,11-12,14H2,1H3,(H,22,23,24). The van der Waals surface area contributed by atoms with Crippen molar-refractivity contribution in [3.8, 4) is 5.75 Å². The average Bonchev–Trinajstić information content (AvgIpc) is 2.69. The molecule has 5 nitrogen and oxygen atoms in total. The van der Waals surface area contributed by atoms with Gasteiger partial charge in [0.1, 0.15) is 23.7 Å². The minimum atomic E-state index is 0.626. The molecular formula is C21H22N4O. The first-order valence-electron chi connectivity index (χ1n) is 8.96. The van der Waals surface area contributed by atoms with Gasteiger partial charge >= 0.3 is 0 Å². The summed E-state index contributed by atoms with van der Waals surface area (Å²) in [4.78, 5) is 11.1. The second-order valence-electron chi connectivity index (χ2n) is 6.26. The number of rotatable bonds is 5. The van der Waals surface area contributed by atoms with E-state index in [2.05, 4.69) is 44.5 Å². The molecule has 3 aromatic rings. The molecule has 5 heteroatoms. The molecule has 0 aliphatic carbocycles. The van der Waals surface area contributed by atoms with E-state index >= 15 is 0 Å². The van der Waals surface area contributed by atoms with Gasteiger partial charge in [-0.25, -0.2) is 9.97 Å². The molecule has 0 saturated carbocycles. The number of anilines is 3. The van der Waals surface area contributed by atoms with Crippen molar-refractivity contribution < 1.29 is 4.74 Å². The van der Waals surface area contributed by atoms with Gasteiger partial charge in [0.2, 0.25) is 0 Å². The third-order valence-electron chi connectivity index (χ3n) is 4.56. The molecule has 2 heterocycles. The Bertz CT molecular complexity index is 896. The number of hydrogen-bond acceptors (Lipinski definition) is 5. The number of benzene rings is 2. The van der Waals surface area contributed by atoms with Crippen molar-refractivity contribution in [3.63, 3.8) is 0 Å². The van der Waals surface area contributed by atoms with E-state index in [0.29, 0.717) is 6.61 Å². The summed E-state index contributed by atoms with van der Waals surface area (Å²) in [6, 6.07) is 18.5. The van der Waals surface area contributed by atoms with Crippen molar-refractivity contribution in [2.75, 3.05) is 23.4 Å². The third kappa shape index (κ3) is 3.47. The van der Waals surface area contributed by atoms with E-state index in [0.717, 1.165) is 42.6 Å². The number of hydrogen-bond donors (Lipinski definition) is 1. The van der Waals surface area contributed by atoms with Crippen LogP contribution in [0.3, 0.4) is 0 Å². The van der Waals surface area contributed by atoms with E-state index in [-0.39, 0.29) is 0 Å². The summed E-state index contributed by atoms with van der Waals surface area (Å²) in [5, 5.41) is 3.35. The van der Waals surface area contributed by atoms with Crippen LogP contribution in [0.1, 0.15) is 18.1 Å². The van der Waals surface area contributed by atoms with Crippen molar-refractivity contribution in [2.24, 2.45) is 0 Å². The van der Waals surface area contributed by atoms with E-state index in [9.17, 15) is 0 Å². The molecule has 0 spiro atoms. The van der Waals surface area contributed by atoms with Crippen molar-refractivity contribution in [1.29, 1.82) is 0 Å². The van der Waals surface area contributed by atoms with Crippen molar-refractivity contribution >= 4 is 17.3 Å². The molecule has 4 rings (SSSR count). The van der Waals surface area contributed by atoms with Crippen LogP contribution < -0.4 is 15.0 Å². The fourth-order valence-corrected chi connectivity index (χ4v) is 3.27. The van der Waals surface area contributed by atoms with Gasteiger partial charge in [0.15, 0.2) is 0 Å². The molecule has 2 aromatic carbocycles. The van der Waals surface area contributed by atoms with Gasteiger partial charge in [-0.2, -0.15) is 0 Å². The van der Waals surface area contributed by atoms with Gasteiger partial charge in [-0.05, 0) is 36.6 Å². The van der Waals surface area contributed by atoms with E-state index in [1.54, 1.807) is 6.33 Å². The molecule has 0 unspecified atom stereocenters. The van der Waals surface area contributed by atoms with E-state index in [1.165, 1.54) is 11.1 Å². The Morgan fingerprint density at radius 1 is 1.04 bits per heavy atom. The molecule has 0 amide bonds. The Hall–Kier alpha value is -3.08. The Labute approximate surface area is 153 Å². The van der Waals surface area contributed by atoms with Gasteiger partial charge in [0.05, 0.1) is 12.3 Å². The van der Waals surface area contributed by atoms with Crippen molar-refractivity contribution in [3.05, 3.63) is 72.1 Å². The molecule has 1 aliphatic rings. The smallest absolute Gasteiger partial charge is 0.142 e. The zero-order valence-corrected chi connectivity index (χ0v) is 14.9. The quantitative estimate of drug-likeness (QED) is 0.751. The van der Waals surface area contributed by atoms with E-state index in [4.69, 9.17) is 4.74 Å². The minimum Gasteiger partial charge on any atom is -0.492 e. The molecule has 1 N–H and O–H groups in total. The summed E-state index contributed by atoms with van der Waals surface area (Å²) in [5.74, 6) is 2.52. The molecule has 1 aromatic heterocycles. The summed E-state index contributed by atoms with van der Waals surface area (Å²) in [5.41, 5.74) is 3.71. The summed E-state index contributed by atoms with van der Waals surface area (Å²) in [6.45, 7) is 4.44. The van der Waals surface area contributed by atoms with E-state index < -0.39 is 0 Å². The number of para-hydroxylation sites is 2. The minimum absolute atomic E-state index is 0.626. The fourth-order valence-electron chi connectivity index (χ4n) is 3.27. The maximum Gasteiger partial charge on any atom is 0.142 e. The molecule has 0 saturated heterocycles. The highest BCUT2D eigenvalue weighted by Gasteiger charge is 2.17. The lowest BCUT2D eigenvalue weighted by atomic mass is 10.00. The molecule has 26 heavy (non-hydrogen) atoms. The molecule has 0 radical (unpaired) electrons. The lowest BCUT2D eigenvalue weighted by molar-refractivity contribution is 0.342. The third-order valence-corrected chi connectivity index (χ3v) is 4.56. The highest BCUT2D eigenvalue weighted by atomic mass is 16.5. The van der Waals surface area contributed by atoms with Crippen molar-refractivity contribution in [2.45, 2.75) is 19.9 Å². The van der Waals surface area contributed by atoms with Crippen LogP contribution in [0, 0.1) is 0 Å². The molecule has 0 atom stereocenters. The zero-order valence-electron chi connectivity index (χ0n) is 14.9. The molecule has 0 fully saturated rings. The van der Waals surface area contributed by atoms with Gasteiger partial charge in [0, 0.05) is 19.2 Å². The molecule has 1 aliphatic heterocycles. The lowest BCUT2D eigenvalue weighted by Crippen LogP contribution is -2.31. The Balaban J connectivity index is 1.55. The van der Waals surface area contributed by atoms with Gasteiger partial charge < -0.3 is 15.0 Å². The first kappa shape index (κ1) is 16.4. The largest absolute Gasteiger partial charge is 0.492 e. The first-order chi connectivity index (χ1) is 12.8. The van der Waals surface area contributed by atoms with Crippen LogP contribution in [0.5, 0.6) is 5.75 Å². The van der Waals surface area contributed by atoms with Gasteiger partial charge in [0.25, 0.3) is 0 Å². The summed E-state index contributed by atoms with van der Waals surface area (Å²) >= 11 is 0. The normalized spacial score (nSPS) is 13.2. The topological polar surface area (TPSA) is 50.3 Å². The molecular weight excluding hydrogens is 324 g/mol. The van der Waals surface area contributed by atoms with Crippen LogP contribution in [-0.4, -0.2) is 23.1 Å². The Kier molecular flexibility index (Phi) is 4.69. The predicted molar refractivity (Wildman–Crippen MR) is 104 cm³/mol. The zero-order chi connectivity index (χ0) is 17.8. The highest BCUT2D eigenvalue weighted by molar-refractivity contribution is 5.65. The van der Waals surface area contributed by atoms with Crippen molar-refractivity contribution in [1.82, 2.24) is 9.97 Å². The van der Waals surface area contributed by atoms with Crippen LogP contribution in [0.25, 0.3) is 0 Å². The Morgan fingerprint density at radius 3 is 2.73 bits per heavy atom. The van der Waals surface area contributed by atoms with Crippen LogP contribution >= 0.6 is 0 Å². The van der Waals surface area contributed by atoms with Crippen LogP contribution in [0.4, 0.5) is 17.3 Å². The average molecular weight is 346 g/mol. The number of ether oxygens (including phenoxy) is 1. The predicted octanol–water partition coefficient (Wildman–Crippen LogP) is 4.18. The van der Waals surface area contributed by atoms with Gasteiger partial charge in [-0.15, -0.1) is 0 Å². The monoisotopic (exact) mass is 346 g/mol. The van der Waals surface area contributed by atoms with Crippen LogP contribution in [0.2, 0.25) is 0 Å². The summed E-state index contributed by atoms with van der Waals surface area (Å²) in [7, 11) is 0. The molecule has 0 bridgehead atoms. The highest BCUT2D eigenvalue weighted by Crippen LogP contribution is 2.28. The maximum absolute atomic E-state index is 5.68. The SMILES string of the molecule is CCOc1ccccc1Nc1cc(N2CCc3ccccc3C2)ncn1. The first-order valence-corrected chi connectivity index (χ1v) is 8.96. The second kappa shape index (κ2) is 7.44. The van der Waals surface area contributed by atoms with E-state index in [1.807, 2.05) is 37.3 Å². The molecule has 132 valence electrons. The lowest BCUT2D eigenvalue weighted by Gasteiger charge is -2.29. The fraction of sp³-hybridized carbons (Fsp3) is 0.238. The van der Waals surface area contributed by atoms with Gasteiger partial charge in [-0.1, -0.05) is 36.4 Å². The maximum atomic E-state index is 5.68. The second-order valence-corrected chi connectivity index (χ2v) is 6.26. The summed E-state index contributed by atoms with van der Waals surface area (Å²) in [6.07, 6.45) is 2.65. The van der Waals surface area contributed by atoms with Gasteiger partial charge in [-0.3, -0.25) is 0 Å². The van der Waals surface area contributed by atoms with Crippen LogP contribution in [0.15, 0.2) is 60.9 Å². The number of nitrogens with one attached hydrogen (secondary N) is 1. The number of fused-ring (bicyclic) bond motifs is 1.